The van der Waals surface area contributed by atoms with Crippen LogP contribution in [-0.4, -0.2) is 9.78 Å². The monoisotopic (exact) mass is 243 g/mol. The smallest absolute Gasteiger partial charge is 0.0955 e. The highest BCUT2D eigenvalue weighted by Gasteiger charge is 2.12. The van der Waals surface area contributed by atoms with Gasteiger partial charge in [-0.05, 0) is 24.0 Å². The van der Waals surface area contributed by atoms with E-state index in [1.807, 2.05) is 11.7 Å². The molecule has 0 spiro atoms. The lowest BCUT2D eigenvalue weighted by Gasteiger charge is -2.06. The van der Waals surface area contributed by atoms with Crippen molar-refractivity contribution in [3.8, 4) is 11.3 Å². The number of aryl methyl sites for hydroxylation is 1. The molecule has 1 heterocycles. The number of rotatable bonds is 3. The van der Waals surface area contributed by atoms with Crippen LogP contribution in [0, 0.1) is 6.92 Å². The number of benzene rings is 1. The molecule has 3 heteroatoms. The first-order chi connectivity index (χ1) is 8.54. The van der Waals surface area contributed by atoms with E-state index in [4.69, 9.17) is 5.73 Å². The minimum Gasteiger partial charge on any atom is -0.325 e. The third kappa shape index (κ3) is 2.18. The van der Waals surface area contributed by atoms with Gasteiger partial charge in [0, 0.05) is 19.2 Å². The van der Waals surface area contributed by atoms with Crippen LogP contribution in [0.1, 0.15) is 36.6 Å². The van der Waals surface area contributed by atoms with Gasteiger partial charge in [0.15, 0.2) is 0 Å². The van der Waals surface area contributed by atoms with Gasteiger partial charge in [-0.15, -0.1) is 0 Å². The Hall–Kier alpha value is -1.61. The maximum Gasteiger partial charge on any atom is 0.0955 e. The van der Waals surface area contributed by atoms with Gasteiger partial charge in [-0.25, -0.2) is 0 Å². The molecule has 0 aliphatic heterocycles. The number of hydrogen-bond acceptors (Lipinski definition) is 2. The molecule has 0 fully saturated rings. The second-order valence-electron chi connectivity index (χ2n) is 5.02. The van der Waals surface area contributed by atoms with E-state index < -0.39 is 0 Å². The topological polar surface area (TPSA) is 43.8 Å². The van der Waals surface area contributed by atoms with Gasteiger partial charge in [-0.3, -0.25) is 4.68 Å². The van der Waals surface area contributed by atoms with E-state index in [0.717, 1.165) is 17.0 Å². The van der Waals surface area contributed by atoms with Gasteiger partial charge in [0.2, 0.25) is 0 Å². The van der Waals surface area contributed by atoms with Gasteiger partial charge in [0.05, 0.1) is 11.4 Å². The maximum atomic E-state index is 5.75. The number of nitrogens with zero attached hydrogens (tertiary/aromatic N) is 2. The zero-order valence-corrected chi connectivity index (χ0v) is 11.6. The average Bonchev–Trinajstić information content (AvgIpc) is 2.64. The highest BCUT2D eigenvalue weighted by Crippen LogP contribution is 2.26. The van der Waals surface area contributed by atoms with E-state index in [2.05, 4.69) is 50.1 Å². The first-order valence-corrected chi connectivity index (χ1v) is 6.37. The number of aromatic nitrogens is 2. The average molecular weight is 243 g/mol. The summed E-state index contributed by atoms with van der Waals surface area (Å²) >= 11 is 0. The first kappa shape index (κ1) is 12.8. The lowest BCUT2D eigenvalue weighted by atomic mass is 9.99. The summed E-state index contributed by atoms with van der Waals surface area (Å²) in [7, 11) is 1.95. The molecule has 0 amide bonds. The standard InChI is InChI=1S/C15H21N3/c1-10(2)12-5-7-13(8-6-12)15-11(3)14(9-16)18(4)17-15/h5-8,10H,9,16H2,1-4H3. The van der Waals surface area contributed by atoms with Gasteiger partial charge in [0.25, 0.3) is 0 Å². The largest absolute Gasteiger partial charge is 0.325 e. The molecule has 2 N–H and O–H groups in total. The van der Waals surface area contributed by atoms with Gasteiger partial charge in [-0.1, -0.05) is 38.1 Å². The Labute approximate surface area is 109 Å². The van der Waals surface area contributed by atoms with Crippen molar-refractivity contribution in [2.75, 3.05) is 0 Å². The summed E-state index contributed by atoms with van der Waals surface area (Å²) in [6, 6.07) is 8.64. The quantitative estimate of drug-likeness (QED) is 0.900. The Bertz CT molecular complexity index is 536. The molecule has 18 heavy (non-hydrogen) atoms. The van der Waals surface area contributed by atoms with Gasteiger partial charge < -0.3 is 5.73 Å². The maximum absolute atomic E-state index is 5.75. The molecule has 0 atom stereocenters. The highest BCUT2D eigenvalue weighted by atomic mass is 15.3. The van der Waals surface area contributed by atoms with Crippen LogP contribution in [0.25, 0.3) is 11.3 Å². The summed E-state index contributed by atoms with van der Waals surface area (Å²) in [5, 5.41) is 4.56. The van der Waals surface area contributed by atoms with Gasteiger partial charge in [-0.2, -0.15) is 5.10 Å². The first-order valence-electron chi connectivity index (χ1n) is 6.37. The lowest BCUT2D eigenvalue weighted by Crippen LogP contribution is -2.05. The Balaban J connectivity index is 2.43. The Morgan fingerprint density at radius 3 is 2.28 bits per heavy atom. The van der Waals surface area contributed by atoms with E-state index in [1.165, 1.54) is 11.1 Å². The summed E-state index contributed by atoms with van der Waals surface area (Å²) in [5.74, 6) is 0.559. The molecule has 1 aromatic heterocycles. The zero-order valence-electron chi connectivity index (χ0n) is 11.6. The van der Waals surface area contributed by atoms with Crippen LogP contribution in [0.3, 0.4) is 0 Å². The minimum atomic E-state index is 0.527. The van der Waals surface area contributed by atoms with Crippen molar-refractivity contribution in [3.05, 3.63) is 41.1 Å². The normalized spacial score (nSPS) is 11.2. The van der Waals surface area contributed by atoms with Crippen LogP contribution in [0.4, 0.5) is 0 Å². The molecule has 0 bridgehead atoms. The zero-order chi connectivity index (χ0) is 13.3. The predicted octanol–water partition coefficient (Wildman–Crippen LogP) is 2.98. The van der Waals surface area contributed by atoms with Crippen LogP contribution in [0.15, 0.2) is 24.3 Å². The molecular formula is C15H21N3. The molecule has 2 aromatic rings. The van der Waals surface area contributed by atoms with E-state index in [-0.39, 0.29) is 0 Å². The molecule has 2 rings (SSSR count). The van der Waals surface area contributed by atoms with Gasteiger partial charge >= 0.3 is 0 Å². The van der Waals surface area contributed by atoms with E-state index in [9.17, 15) is 0 Å². The van der Waals surface area contributed by atoms with Crippen molar-refractivity contribution < 1.29 is 0 Å². The molecule has 96 valence electrons. The van der Waals surface area contributed by atoms with Crippen molar-refractivity contribution in [3.63, 3.8) is 0 Å². The summed E-state index contributed by atoms with van der Waals surface area (Å²) in [6.45, 7) is 7.02. The van der Waals surface area contributed by atoms with Crippen molar-refractivity contribution in [1.29, 1.82) is 0 Å². The van der Waals surface area contributed by atoms with E-state index in [0.29, 0.717) is 12.5 Å². The molecule has 0 saturated carbocycles. The molecule has 0 radical (unpaired) electrons. The lowest BCUT2D eigenvalue weighted by molar-refractivity contribution is 0.712. The van der Waals surface area contributed by atoms with E-state index in [1.54, 1.807) is 0 Å². The Kier molecular flexibility index (Phi) is 3.53. The number of nitrogens with two attached hydrogens (primary N) is 1. The van der Waals surface area contributed by atoms with Crippen molar-refractivity contribution in [1.82, 2.24) is 9.78 Å². The molecule has 0 aliphatic rings. The Morgan fingerprint density at radius 1 is 1.22 bits per heavy atom. The predicted molar refractivity (Wildman–Crippen MR) is 75.4 cm³/mol. The third-order valence-corrected chi connectivity index (χ3v) is 3.47. The summed E-state index contributed by atoms with van der Waals surface area (Å²) in [4.78, 5) is 0. The molecule has 0 saturated heterocycles. The number of hydrogen-bond donors (Lipinski definition) is 1. The fourth-order valence-electron chi connectivity index (χ4n) is 2.25. The fourth-order valence-corrected chi connectivity index (χ4v) is 2.25. The summed E-state index contributed by atoms with van der Waals surface area (Å²) in [5.41, 5.74) is 11.6. The molecule has 3 nitrogen and oxygen atoms in total. The van der Waals surface area contributed by atoms with Crippen LogP contribution in [0.2, 0.25) is 0 Å². The van der Waals surface area contributed by atoms with Crippen molar-refractivity contribution in [2.24, 2.45) is 12.8 Å². The van der Waals surface area contributed by atoms with Gasteiger partial charge in [0.1, 0.15) is 0 Å². The SMILES string of the molecule is Cc1c(-c2ccc(C(C)C)cc2)nn(C)c1CN. The van der Waals surface area contributed by atoms with Crippen LogP contribution < -0.4 is 5.73 Å². The molecular weight excluding hydrogens is 222 g/mol. The summed E-state index contributed by atoms with van der Waals surface area (Å²) in [6.07, 6.45) is 0. The second-order valence-corrected chi connectivity index (χ2v) is 5.02. The van der Waals surface area contributed by atoms with Crippen molar-refractivity contribution >= 4 is 0 Å². The minimum absolute atomic E-state index is 0.527. The Morgan fingerprint density at radius 2 is 1.83 bits per heavy atom. The van der Waals surface area contributed by atoms with Crippen LogP contribution in [0.5, 0.6) is 0 Å². The van der Waals surface area contributed by atoms with Crippen LogP contribution >= 0.6 is 0 Å². The molecule has 0 aliphatic carbocycles. The second kappa shape index (κ2) is 4.94. The fraction of sp³-hybridized carbons (Fsp3) is 0.400. The van der Waals surface area contributed by atoms with E-state index >= 15 is 0 Å². The highest BCUT2D eigenvalue weighted by molar-refractivity contribution is 5.64. The molecule has 0 unspecified atom stereocenters. The molecule has 1 aromatic carbocycles. The van der Waals surface area contributed by atoms with Crippen molar-refractivity contribution in [2.45, 2.75) is 33.2 Å². The van der Waals surface area contributed by atoms with Crippen LogP contribution in [-0.2, 0) is 13.6 Å². The third-order valence-electron chi connectivity index (χ3n) is 3.47. The summed E-state index contributed by atoms with van der Waals surface area (Å²) < 4.78 is 1.88.